The van der Waals surface area contributed by atoms with Gasteiger partial charge in [-0.1, -0.05) is 13.8 Å². The minimum atomic E-state index is -3.49. The van der Waals surface area contributed by atoms with E-state index in [-0.39, 0.29) is 15.6 Å². The summed E-state index contributed by atoms with van der Waals surface area (Å²) in [5.74, 6) is 0. The fourth-order valence-electron chi connectivity index (χ4n) is 1.94. The molecule has 0 saturated heterocycles. The molecule has 7 heteroatoms. The van der Waals surface area contributed by atoms with Gasteiger partial charge in [-0.25, -0.2) is 13.1 Å². The zero-order valence-corrected chi connectivity index (χ0v) is 14.8. The van der Waals surface area contributed by atoms with Crippen LogP contribution in [-0.4, -0.2) is 31.1 Å². The van der Waals surface area contributed by atoms with Crippen LogP contribution in [0.15, 0.2) is 10.3 Å². The van der Waals surface area contributed by atoms with Crippen LogP contribution in [-0.2, 0) is 16.6 Å². The standard InChI is InChI=1S/C13H23NO3S3/c1-5-13(6-2,18-4)9-14-20(16,17)12-7-10(3)11(8-15)19-12/h7,14-15H,5-6,8-9H2,1-4H3. The van der Waals surface area contributed by atoms with Crippen molar-refractivity contribution in [2.75, 3.05) is 12.8 Å². The largest absolute Gasteiger partial charge is 0.391 e. The molecule has 0 unspecified atom stereocenters. The molecule has 0 aliphatic carbocycles. The predicted molar refractivity (Wildman–Crippen MR) is 87.0 cm³/mol. The lowest BCUT2D eigenvalue weighted by atomic mass is 10.0. The van der Waals surface area contributed by atoms with Crippen molar-refractivity contribution in [2.24, 2.45) is 0 Å². The molecule has 0 radical (unpaired) electrons. The molecular formula is C13H23NO3S3. The molecule has 4 nitrogen and oxygen atoms in total. The van der Waals surface area contributed by atoms with Crippen LogP contribution in [0.4, 0.5) is 0 Å². The van der Waals surface area contributed by atoms with Crippen LogP contribution < -0.4 is 4.72 Å². The summed E-state index contributed by atoms with van der Waals surface area (Å²) in [6.07, 6.45) is 3.84. The topological polar surface area (TPSA) is 66.4 Å². The van der Waals surface area contributed by atoms with Gasteiger partial charge >= 0.3 is 0 Å². The maximum absolute atomic E-state index is 12.3. The molecular weight excluding hydrogens is 314 g/mol. The molecule has 20 heavy (non-hydrogen) atoms. The zero-order valence-electron chi connectivity index (χ0n) is 12.4. The number of nitrogens with one attached hydrogen (secondary N) is 1. The van der Waals surface area contributed by atoms with Gasteiger partial charge in [-0.2, -0.15) is 11.8 Å². The van der Waals surface area contributed by atoms with E-state index < -0.39 is 10.0 Å². The highest BCUT2D eigenvalue weighted by Gasteiger charge is 2.28. The van der Waals surface area contributed by atoms with Crippen molar-refractivity contribution in [1.82, 2.24) is 4.72 Å². The summed E-state index contributed by atoms with van der Waals surface area (Å²) in [7, 11) is -3.49. The first-order chi connectivity index (χ1) is 9.34. The minimum absolute atomic E-state index is 0.0564. The van der Waals surface area contributed by atoms with E-state index >= 15 is 0 Å². The molecule has 0 bridgehead atoms. The van der Waals surface area contributed by atoms with Gasteiger partial charge in [0.2, 0.25) is 10.0 Å². The Bertz CT molecular complexity index is 525. The van der Waals surface area contributed by atoms with Crippen LogP contribution in [0.25, 0.3) is 0 Å². The third-order valence-corrected chi connectivity index (χ3v) is 8.40. The van der Waals surface area contributed by atoms with Gasteiger partial charge in [-0.15, -0.1) is 11.3 Å². The summed E-state index contributed by atoms with van der Waals surface area (Å²) in [5.41, 5.74) is 0.819. The average molecular weight is 338 g/mol. The summed E-state index contributed by atoms with van der Waals surface area (Å²) in [6.45, 7) is 6.27. The van der Waals surface area contributed by atoms with E-state index in [1.807, 2.05) is 13.2 Å². The van der Waals surface area contributed by atoms with Crippen molar-refractivity contribution < 1.29 is 13.5 Å². The van der Waals surface area contributed by atoms with Crippen LogP contribution in [0.3, 0.4) is 0 Å². The quantitative estimate of drug-likeness (QED) is 0.765. The van der Waals surface area contributed by atoms with E-state index in [1.54, 1.807) is 17.8 Å². The first-order valence-corrected chi connectivity index (χ1v) is 10.1. The van der Waals surface area contributed by atoms with Gasteiger partial charge in [-0.05, 0) is 37.7 Å². The highest BCUT2D eigenvalue weighted by molar-refractivity contribution is 8.00. The maximum atomic E-state index is 12.3. The number of hydrogen-bond donors (Lipinski definition) is 2. The fraction of sp³-hybridized carbons (Fsp3) is 0.692. The van der Waals surface area contributed by atoms with Crippen molar-refractivity contribution in [2.45, 2.75) is 49.2 Å². The van der Waals surface area contributed by atoms with Gasteiger partial charge in [0.15, 0.2) is 0 Å². The van der Waals surface area contributed by atoms with Gasteiger partial charge in [0.1, 0.15) is 4.21 Å². The second-order valence-corrected chi connectivity index (χ2v) is 9.15. The molecule has 0 fully saturated rings. The molecule has 0 spiro atoms. The Balaban J connectivity index is 2.89. The highest BCUT2D eigenvalue weighted by Crippen LogP contribution is 2.31. The molecule has 116 valence electrons. The van der Waals surface area contributed by atoms with Crippen LogP contribution >= 0.6 is 23.1 Å². The summed E-state index contributed by atoms with van der Waals surface area (Å²) >= 11 is 2.84. The number of thioether (sulfide) groups is 1. The van der Waals surface area contributed by atoms with E-state index in [0.29, 0.717) is 11.4 Å². The Hall–Kier alpha value is -0.0800. The molecule has 0 aliphatic heterocycles. The molecule has 1 aromatic heterocycles. The van der Waals surface area contributed by atoms with E-state index in [4.69, 9.17) is 5.11 Å². The molecule has 0 atom stereocenters. The molecule has 1 heterocycles. The number of sulfonamides is 1. The second kappa shape index (κ2) is 7.26. The number of hydrogen-bond acceptors (Lipinski definition) is 5. The number of thiophene rings is 1. The zero-order chi connectivity index (χ0) is 15.4. The molecule has 0 aromatic carbocycles. The van der Waals surface area contributed by atoms with Gasteiger partial charge in [0.25, 0.3) is 0 Å². The van der Waals surface area contributed by atoms with E-state index in [1.165, 1.54) is 0 Å². The molecule has 1 rings (SSSR count). The third kappa shape index (κ3) is 3.98. The smallest absolute Gasteiger partial charge is 0.250 e. The predicted octanol–water partition coefficient (Wildman–Crippen LogP) is 2.75. The lowest BCUT2D eigenvalue weighted by Gasteiger charge is -2.29. The van der Waals surface area contributed by atoms with E-state index in [0.717, 1.165) is 29.7 Å². The van der Waals surface area contributed by atoms with Crippen molar-refractivity contribution in [3.05, 3.63) is 16.5 Å². The average Bonchev–Trinajstić information content (AvgIpc) is 2.83. The van der Waals surface area contributed by atoms with E-state index in [9.17, 15) is 8.42 Å². The lowest BCUT2D eigenvalue weighted by molar-refractivity contribution is 0.285. The lowest BCUT2D eigenvalue weighted by Crippen LogP contribution is -2.39. The van der Waals surface area contributed by atoms with Crippen LogP contribution in [0.1, 0.15) is 37.1 Å². The third-order valence-electron chi connectivity index (χ3n) is 3.71. The van der Waals surface area contributed by atoms with Crippen molar-refractivity contribution in [1.29, 1.82) is 0 Å². The van der Waals surface area contributed by atoms with Crippen molar-refractivity contribution >= 4 is 33.1 Å². The maximum Gasteiger partial charge on any atom is 0.250 e. The Morgan fingerprint density at radius 2 is 2.00 bits per heavy atom. The Kier molecular flexibility index (Phi) is 6.53. The van der Waals surface area contributed by atoms with Crippen LogP contribution in [0.5, 0.6) is 0 Å². The summed E-state index contributed by atoms with van der Waals surface area (Å²) in [5, 5.41) is 9.16. The number of aliphatic hydroxyl groups excluding tert-OH is 1. The monoisotopic (exact) mass is 337 g/mol. The summed E-state index contributed by atoms with van der Waals surface area (Å²) < 4.78 is 27.6. The van der Waals surface area contributed by atoms with Crippen molar-refractivity contribution in [3.8, 4) is 0 Å². The van der Waals surface area contributed by atoms with Crippen molar-refractivity contribution in [3.63, 3.8) is 0 Å². The Labute approximate surface area is 130 Å². The first kappa shape index (κ1) is 18.0. The number of aliphatic hydroxyl groups is 1. The summed E-state index contributed by atoms with van der Waals surface area (Å²) in [4.78, 5) is 0.701. The molecule has 0 amide bonds. The number of aryl methyl sites for hydroxylation is 1. The second-order valence-electron chi connectivity index (χ2n) is 4.75. The Morgan fingerprint density at radius 3 is 2.40 bits per heavy atom. The minimum Gasteiger partial charge on any atom is -0.391 e. The normalized spacial score (nSPS) is 12.8. The van der Waals surface area contributed by atoms with Crippen LogP contribution in [0, 0.1) is 6.92 Å². The van der Waals surface area contributed by atoms with Gasteiger partial charge in [0, 0.05) is 16.2 Å². The molecule has 0 aliphatic rings. The van der Waals surface area contributed by atoms with Gasteiger partial charge < -0.3 is 5.11 Å². The summed E-state index contributed by atoms with van der Waals surface area (Å²) in [6, 6.07) is 1.62. The van der Waals surface area contributed by atoms with E-state index in [2.05, 4.69) is 18.6 Å². The SMILES string of the molecule is CCC(CC)(CNS(=O)(=O)c1cc(C)c(CO)s1)SC. The Morgan fingerprint density at radius 1 is 1.40 bits per heavy atom. The number of rotatable bonds is 8. The highest BCUT2D eigenvalue weighted by atomic mass is 32.2. The molecule has 2 N–H and O–H groups in total. The van der Waals surface area contributed by atoms with Gasteiger partial charge in [-0.3, -0.25) is 0 Å². The van der Waals surface area contributed by atoms with Gasteiger partial charge in [0.05, 0.1) is 6.61 Å². The van der Waals surface area contributed by atoms with Crippen LogP contribution in [0.2, 0.25) is 0 Å². The fourth-order valence-corrected chi connectivity index (χ4v) is 5.44. The first-order valence-electron chi connectivity index (χ1n) is 6.59. The molecule has 1 aromatic rings. The molecule has 0 saturated carbocycles.